The number of rotatable bonds is 3. The number of hydrogen-bond acceptors (Lipinski definition) is 3. The fourth-order valence-corrected chi connectivity index (χ4v) is 2.09. The number of nitrogens with two attached hydrogens (primary N) is 1. The molecule has 0 aliphatic carbocycles. The van der Waals surface area contributed by atoms with Crippen molar-refractivity contribution in [1.82, 2.24) is 14.4 Å². The van der Waals surface area contributed by atoms with E-state index >= 15 is 0 Å². The second-order valence-electron chi connectivity index (χ2n) is 4.24. The molecular formula is C14H13FN4. The summed E-state index contributed by atoms with van der Waals surface area (Å²) in [6, 6.07) is 8.11. The summed E-state index contributed by atoms with van der Waals surface area (Å²) in [5, 5.41) is 0. The molecule has 0 unspecified atom stereocenters. The van der Waals surface area contributed by atoms with Gasteiger partial charge in [0, 0.05) is 24.4 Å². The van der Waals surface area contributed by atoms with Crippen LogP contribution in [0.2, 0.25) is 0 Å². The highest BCUT2D eigenvalue weighted by Crippen LogP contribution is 2.23. The number of fused-ring (bicyclic) bond motifs is 1. The van der Waals surface area contributed by atoms with Crippen molar-refractivity contribution in [3.63, 3.8) is 0 Å². The van der Waals surface area contributed by atoms with Crippen LogP contribution in [-0.4, -0.2) is 20.9 Å². The highest BCUT2D eigenvalue weighted by atomic mass is 19.1. The number of hydrogen-bond donors (Lipinski definition) is 1. The van der Waals surface area contributed by atoms with Crippen LogP contribution in [0.3, 0.4) is 0 Å². The largest absolute Gasteiger partial charge is 0.330 e. The monoisotopic (exact) mass is 256 g/mol. The minimum Gasteiger partial charge on any atom is -0.330 e. The van der Waals surface area contributed by atoms with Crippen molar-refractivity contribution in [1.29, 1.82) is 0 Å². The Morgan fingerprint density at radius 3 is 2.74 bits per heavy atom. The van der Waals surface area contributed by atoms with E-state index in [1.165, 1.54) is 12.1 Å². The van der Waals surface area contributed by atoms with Crippen LogP contribution in [0.4, 0.5) is 4.39 Å². The van der Waals surface area contributed by atoms with Crippen molar-refractivity contribution in [2.24, 2.45) is 5.73 Å². The van der Waals surface area contributed by atoms with E-state index in [0.717, 1.165) is 22.7 Å². The zero-order chi connectivity index (χ0) is 13.2. The lowest BCUT2D eigenvalue weighted by Crippen LogP contribution is -2.06. The highest BCUT2D eigenvalue weighted by Gasteiger charge is 2.12. The average Bonchev–Trinajstić information content (AvgIpc) is 2.80. The van der Waals surface area contributed by atoms with Gasteiger partial charge in [0.05, 0.1) is 0 Å². The SMILES string of the molecule is NCCc1nc(-c2ccc(F)cc2)c2ncccn12. The lowest BCUT2D eigenvalue weighted by Gasteiger charge is -1.98. The molecule has 2 heterocycles. The molecule has 0 fully saturated rings. The molecule has 1 aromatic carbocycles. The molecule has 0 atom stereocenters. The van der Waals surface area contributed by atoms with Gasteiger partial charge in [0.25, 0.3) is 0 Å². The molecule has 3 aromatic rings. The smallest absolute Gasteiger partial charge is 0.164 e. The predicted molar refractivity (Wildman–Crippen MR) is 71.1 cm³/mol. The first-order valence-corrected chi connectivity index (χ1v) is 6.07. The van der Waals surface area contributed by atoms with Gasteiger partial charge in [-0.25, -0.2) is 14.4 Å². The van der Waals surface area contributed by atoms with Crippen LogP contribution >= 0.6 is 0 Å². The molecule has 0 saturated carbocycles. The second-order valence-corrected chi connectivity index (χ2v) is 4.24. The van der Waals surface area contributed by atoms with Crippen molar-refractivity contribution < 1.29 is 4.39 Å². The first-order valence-electron chi connectivity index (χ1n) is 6.07. The molecule has 0 aliphatic heterocycles. The Morgan fingerprint density at radius 2 is 2.00 bits per heavy atom. The molecule has 96 valence electrons. The standard InChI is InChI=1S/C14H13FN4/c15-11-4-2-10(3-5-11)13-14-17-8-1-9-19(14)12(18-13)6-7-16/h1-5,8-9H,6-7,16H2. The van der Waals surface area contributed by atoms with Crippen LogP contribution < -0.4 is 5.73 Å². The fraction of sp³-hybridized carbons (Fsp3) is 0.143. The van der Waals surface area contributed by atoms with E-state index in [1.807, 2.05) is 16.7 Å². The minimum atomic E-state index is -0.262. The number of nitrogens with zero attached hydrogens (tertiary/aromatic N) is 3. The first-order chi connectivity index (χ1) is 9.29. The van der Waals surface area contributed by atoms with Crippen molar-refractivity contribution >= 4 is 5.65 Å². The molecule has 0 radical (unpaired) electrons. The predicted octanol–water partition coefficient (Wildman–Crippen LogP) is 2.04. The molecule has 0 amide bonds. The quantitative estimate of drug-likeness (QED) is 0.780. The van der Waals surface area contributed by atoms with E-state index in [-0.39, 0.29) is 5.82 Å². The van der Waals surface area contributed by atoms with Crippen molar-refractivity contribution in [3.8, 4) is 11.3 Å². The second kappa shape index (κ2) is 4.78. The van der Waals surface area contributed by atoms with Crippen LogP contribution in [0.15, 0.2) is 42.7 Å². The summed E-state index contributed by atoms with van der Waals surface area (Å²) in [4.78, 5) is 8.93. The highest BCUT2D eigenvalue weighted by molar-refractivity contribution is 5.74. The van der Waals surface area contributed by atoms with Gasteiger partial charge in [-0.2, -0.15) is 0 Å². The van der Waals surface area contributed by atoms with E-state index in [0.29, 0.717) is 13.0 Å². The number of aromatic nitrogens is 3. The summed E-state index contributed by atoms with van der Waals surface area (Å²) in [5.41, 5.74) is 7.96. The van der Waals surface area contributed by atoms with E-state index in [9.17, 15) is 4.39 Å². The summed E-state index contributed by atoms with van der Waals surface area (Å²) >= 11 is 0. The van der Waals surface area contributed by atoms with Gasteiger partial charge in [0.2, 0.25) is 0 Å². The summed E-state index contributed by atoms with van der Waals surface area (Å²) < 4.78 is 14.9. The van der Waals surface area contributed by atoms with E-state index in [2.05, 4.69) is 9.97 Å². The maximum absolute atomic E-state index is 13.0. The van der Waals surface area contributed by atoms with Gasteiger partial charge in [-0.05, 0) is 36.9 Å². The third-order valence-electron chi connectivity index (χ3n) is 2.96. The fourth-order valence-electron chi connectivity index (χ4n) is 2.09. The minimum absolute atomic E-state index is 0.262. The number of halogens is 1. The van der Waals surface area contributed by atoms with Crippen molar-refractivity contribution in [3.05, 3.63) is 54.4 Å². The molecular weight excluding hydrogens is 243 g/mol. The topological polar surface area (TPSA) is 56.2 Å². The molecule has 2 aromatic heterocycles. The normalized spacial score (nSPS) is 11.1. The Kier molecular flexibility index (Phi) is 2.97. The zero-order valence-corrected chi connectivity index (χ0v) is 10.3. The Hall–Kier alpha value is -2.27. The maximum Gasteiger partial charge on any atom is 0.164 e. The third-order valence-corrected chi connectivity index (χ3v) is 2.96. The Balaban J connectivity index is 2.20. The van der Waals surface area contributed by atoms with Gasteiger partial charge in [-0.1, -0.05) is 0 Å². The first kappa shape index (κ1) is 11.8. The molecule has 0 saturated heterocycles. The molecule has 19 heavy (non-hydrogen) atoms. The van der Waals surface area contributed by atoms with Crippen LogP contribution in [0, 0.1) is 5.82 Å². The van der Waals surface area contributed by atoms with E-state index < -0.39 is 0 Å². The number of benzene rings is 1. The van der Waals surface area contributed by atoms with Crippen molar-refractivity contribution in [2.75, 3.05) is 6.54 Å². The summed E-state index contributed by atoms with van der Waals surface area (Å²) in [6.45, 7) is 0.525. The van der Waals surface area contributed by atoms with Gasteiger partial charge in [-0.15, -0.1) is 0 Å². The van der Waals surface area contributed by atoms with Crippen LogP contribution in [0.1, 0.15) is 5.82 Å². The molecule has 0 spiro atoms. The lowest BCUT2D eigenvalue weighted by atomic mass is 10.1. The summed E-state index contributed by atoms with van der Waals surface area (Å²) in [5.74, 6) is 0.604. The van der Waals surface area contributed by atoms with Crippen LogP contribution in [0.5, 0.6) is 0 Å². The third kappa shape index (κ3) is 2.08. The molecule has 3 rings (SSSR count). The van der Waals surface area contributed by atoms with Crippen LogP contribution in [0.25, 0.3) is 16.9 Å². The molecule has 2 N–H and O–H groups in total. The number of imidazole rings is 1. The Bertz CT molecular complexity index is 703. The molecule has 0 bridgehead atoms. The van der Waals surface area contributed by atoms with E-state index in [1.54, 1.807) is 18.3 Å². The molecule has 0 aliphatic rings. The molecule has 4 nitrogen and oxygen atoms in total. The maximum atomic E-state index is 13.0. The van der Waals surface area contributed by atoms with Gasteiger partial charge in [0.15, 0.2) is 5.65 Å². The average molecular weight is 256 g/mol. The lowest BCUT2D eigenvalue weighted by molar-refractivity contribution is 0.628. The zero-order valence-electron chi connectivity index (χ0n) is 10.3. The van der Waals surface area contributed by atoms with Crippen LogP contribution in [-0.2, 0) is 6.42 Å². The van der Waals surface area contributed by atoms with Gasteiger partial charge in [0.1, 0.15) is 17.3 Å². The van der Waals surface area contributed by atoms with E-state index in [4.69, 9.17) is 5.73 Å². The van der Waals surface area contributed by atoms with Gasteiger partial charge in [-0.3, -0.25) is 4.40 Å². The van der Waals surface area contributed by atoms with Gasteiger partial charge >= 0.3 is 0 Å². The Labute approximate surface area is 109 Å². The summed E-state index contributed by atoms with van der Waals surface area (Å²) in [7, 11) is 0. The Morgan fingerprint density at radius 1 is 1.21 bits per heavy atom. The van der Waals surface area contributed by atoms with Crippen molar-refractivity contribution in [2.45, 2.75) is 6.42 Å². The van der Waals surface area contributed by atoms with Gasteiger partial charge < -0.3 is 5.73 Å². The summed E-state index contributed by atoms with van der Waals surface area (Å²) in [6.07, 6.45) is 4.30. The molecule has 5 heteroatoms.